The molecule has 0 aliphatic heterocycles. The lowest BCUT2D eigenvalue weighted by atomic mass is 9.73. The fraction of sp³-hybridized carbons (Fsp3) is 1.00. The summed E-state index contributed by atoms with van der Waals surface area (Å²) in [6.45, 7) is 12.1. The molecule has 2 nitrogen and oxygen atoms in total. The molecule has 0 amide bonds. The summed E-state index contributed by atoms with van der Waals surface area (Å²) in [6, 6.07) is 0.603. The number of nitrogens with one attached hydrogen (secondary N) is 1. The van der Waals surface area contributed by atoms with Crippen LogP contribution in [0.3, 0.4) is 0 Å². The summed E-state index contributed by atoms with van der Waals surface area (Å²) in [5, 5.41) is 3.61. The molecule has 108 valence electrons. The van der Waals surface area contributed by atoms with Crippen LogP contribution in [0.2, 0.25) is 0 Å². The van der Waals surface area contributed by atoms with E-state index in [4.69, 9.17) is 4.74 Å². The van der Waals surface area contributed by atoms with E-state index in [0.29, 0.717) is 6.04 Å². The molecule has 0 radical (unpaired) electrons. The van der Waals surface area contributed by atoms with Gasteiger partial charge in [0.25, 0.3) is 0 Å². The quantitative estimate of drug-likeness (QED) is 0.665. The maximum atomic E-state index is 5.82. The Morgan fingerprint density at radius 2 is 1.94 bits per heavy atom. The number of hydrogen-bond donors (Lipinski definition) is 1. The molecule has 0 aromatic rings. The van der Waals surface area contributed by atoms with E-state index in [1.54, 1.807) is 0 Å². The van der Waals surface area contributed by atoms with Gasteiger partial charge in [-0.15, -0.1) is 0 Å². The maximum absolute atomic E-state index is 5.82. The van der Waals surface area contributed by atoms with E-state index < -0.39 is 0 Å². The van der Waals surface area contributed by atoms with Crippen molar-refractivity contribution in [1.29, 1.82) is 0 Å². The number of hydrogen-bond acceptors (Lipinski definition) is 2. The molecule has 0 bridgehead atoms. The second kappa shape index (κ2) is 8.92. The van der Waals surface area contributed by atoms with Gasteiger partial charge in [-0.1, -0.05) is 40.5 Å². The minimum absolute atomic E-state index is 0.603. The van der Waals surface area contributed by atoms with Crippen molar-refractivity contribution in [2.75, 3.05) is 19.8 Å². The molecule has 1 saturated carbocycles. The molecule has 1 aliphatic carbocycles. The van der Waals surface area contributed by atoms with Crippen molar-refractivity contribution in [3.05, 3.63) is 0 Å². The van der Waals surface area contributed by atoms with Crippen molar-refractivity contribution < 1.29 is 4.74 Å². The summed E-state index contributed by atoms with van der Waals surface area (Å²) in [7, 11) is 0. The van der Waals surface area contributed by atoms with E-state index in [0.717, 1.165) is 37.4 Å². The minimum atomic E-state index is 0.603. The topological polar surface area (TPSA) is 21.3 Å². The van der Waals surface area contributed by atoms with Crippen LogP contribution in [0.4, 0.5) is 0 Å². The van der Waals surface area contributed by atoms with Crippen molar-refractivity contribution in [2.24, 2.45) is 17.8 Å². The lowest BCUT2D eigenvalue weighted by molar-refractivity contribution is 0.0438. The Morgan fingerprint density at radius 1 is 1.17 bits per heavy atom. The van der Waals surface area contributed by atoms with E-state index in [1.807, 2.05) is 0 Å². The molecule has 1 aliphatic rings. The van der Waals surface area contributed by atoms with Gasteiger partial charge in [-0.25, -0.2) is 0 Å². The first-order valence-electron chi connectivity index (χ1n) is 7.98. The lowest BCUT2D eigenvalue weighted by Crippen LogP contribution is -2.37. The highest BCUT2D eigenvalue weighted by Gasteiger charge is 2.29. The zero-order valence-corrected chi connectivity index (χ0v) is 12.9. The normalized spacial score (nSPS) is 28.8. The molecule has 0 spiro atoms. The summed E-state index contributed by atoms with van der Waals surface area (Å²) in [5.41, 5.74) is 0. The van der Waals surface area contributed by atoms with Crippen LogP contribution < -0.4 is 5.32 Å². The third kappa shape index (κ3) is 5.71. The van der Waals surface area contributed by atoms with Gasteiger partial charge in [-0.2, -0.15) is 0 Å². The molecular weight excluding hydrogens is 222 g/mol. The third-order valence-corrected chi connectivity index (χ3v) is 4.29. The van der Waals surface area contributed by atoms with Crippen molar-refractivity contribution in [3.63, 3.8) is 0 Å². The molecule has 3 unspecified atom stereocenters. The van der Waals surface area contributed by atoms with E-state index >= 15 is 0 Å². The summed E-state index contributed by atoms with van der Waals surface area (Å²) in [5.74, 6) is 2.55. The first-order valence-corrected chi connectivity index (χ1v) is 7.98. The molecule has 1 rings (SSSR count). The SMILES string of the molecule is CCCOCC1CC(CC)CCC1CNC(C)C. The molecule has 1 N–H and O–H groups in total. The molecule has 1 fully saturated rings. The smallest absolute Gasteiger partial charge is 0.0497 e. The van der Waals surface area contributed by atoms with Gasteiger partial charge >= 0.3 is 0 Å². The zero-order valence-electron chi connectivity index (χ0n) is 12.9. The van der Waals surface area contributed by atoms with Crippen molar-refractivity contribution in [1.82, 2.24) is 5.32 Å². The molecule has 0 heterocycles. The number of ether oxygens (including phenoxy) is 1. The van der Waals surface area contributed by atoms with Crippen LogP contribution in [0.25, 0.3) is 0 Å². The minimum Gasteiger partial charge on any atom is -0.381 e. The molecule has 18 heavy (non-hydrogen) atoms. The fourth-order valence-electron chi connectivity index (χ4n) is 3.03. The van der Waals surface area contributed by atoms with Crippen molar-refractivity contribution >= 4 is 0 Å². The van der Waals surface area contributed by atoms with Gasteiger partial charge in [-0.3, -0.25) is 0 Å². The van der Waals surface area contributed by atoms with Gasteiger partial charge in [0, 0.05) is 19.3 Å². The van der Waals surface area contributed by atoms with Crippen molar-refractivity contribution in [2.45, 2.75) is 65.8 Å². The van der Waals surface area contributed by atoms with Crippen molar-refractivity contribution in [3.8, 4) is 0 Å². The van der Waals surface area contributed by atoms with E-state index in [9.17, 15) is 0 Å². The van der Waals surface area contributed by atoms with Crippen LogP contribution in [0, 0.1) is 17.8 Å². The summed E-state index contributed by atoms with van der Waals surface area (Å²) in [4.78, 5) is 0. The average molecular weight is 255 g/mol. The molecular formula is C16H33NO. The summed E-state index contributed by atoms with van der Waals surface area (Å²) >= 11 is 0. The fourth-order valence-corrected chi connectivity index (χ4v) is 3.03. The maximum Gasteiger partial charge on any atom is 0.0497 e. The highest BCUT2D eigenvalue weighted by molar-refractivity contribution is 4.81. The second-order valence-corrected chi connectivity index (χ2v) is 6.25. The first-order chi connectivity index (χ1) is 8.67. The van der Waals surface area contributed by atoms with Crippen LogP contribution in [0.5, 0.6) is 0 Å². The largest absolute Gasteiger partial charge is 0.381 e. The van der Waals surface area contributed by atoms with Gasteiger partial charge in [0.2, 0.25) is 0 Å². The Morgan fingerprint density at radius 3 is 2.56 bits per heavy atom. The second-order valence-electron chi connectivity index (χ2n) is 6.25. The predicted octanol–water partition coefficient (Wildman–Crippen LogP) is 3.85. The predicted molar refractivity (Wildman–Crippen MR) is 78.9 cm³/mol. The summed E-state index contributed by atoms with van der Waals surface area (Å²) in [6.07, 6.45) is 6.67. The zero-order chi connectivity index (χ0) is 13.4. The van der Waals surface area contributed by atoms with E-state index in [2.05, 4.69) is 33.0 Å². The highest BCUT2D eigenvalue weighted by atomic mass is 16.5. The molecule has 0 saturated heterocycles. The third-order valence-electron chi connectivity index (χ3n) is 4.29. The Hall–Kier alpha value is -0.0800. The Kier molecular flexibility index (Phi) is 7.92. The van der Waals surface area contributed by atoms with E-state index in [1.165, 1.54) is 32.2 Å². The first kappa shape index (κ1) is 16.0. The molecule has 2 heteroatoms. The van der Waals surface area contributed by atoms with Gasteiger partial charge in [-0.05, 0) is 43.6 Å². The molecule has 3 atom stereocenters. The highest BCUT2D eigenvalue weighted by Crippen LogP contribution is 2.35. The van der Waals surface area contributed by atoms with Crippen LogP contribution >= 0.6 is 0 Å². The van der Waals surface area contributed by atoms with Crippen LogP contribution in [0.1, 0.15) is 59.8 Å². The number of rotatable bonds is 8. The Labute approximate surface area is 114 Å². The molecule has 0 aromatic heterocycles. The Balaban J connectivity index is 2.40. The standard InChI is InChI=1S/C16H33NO/c1-5-9-18-12-16-10-14(6-2)7-8-15(16)11-17-13(3)4/h13-17H,5-12H2,1-4H3. The van der Waals surface area contributed by atoms with Crippen LogP contribution in [0.15, 0.2) is 0 Å². The van der Waals surface area contributed by atoms with Gasteiger partial charge < -0.3 is 10.1 Å². The van der Waals surface area contributed by atoms with Gasteiger partial charge in [0.1, 0.15) is 0 Å². The van der Waals surface area contributed by atoms with Gasteiger partial charge in [0.15, 0.2) is 0 Å². The average Bonchev–Trinajstić information content (AvgIpc) is 2.37. The summed E-state index contributed by atoms with van der Waals surface area (Å²) < 4.78 is 5.82. The van der Waals surface area contributed by atoms with Crippen LogP contribution in [-0.2, 0) is 4.74 Å². The lowest BCUT2D eigenvalue weighted by Gasteiger charge is -2.36. The monoisotopic (exact) mass is 255 g/mol. The van der Waals surface area contributed by atoms with E-state index in [-0.39, 0.29) is 0 Å². The van der Waals surface area contributed by atoms with Crippen LogP contribution in [-0.4, -0.2) is 25.8 Å². The Bertz CT molecular complexity index is 205. The molecule has 0 aromatic carbocycles. The van der Waals surface area contributed by atoms with Gasteiger partial charge in [0.05, 0.1) is 0 Å².